The first-order valence-corrected chi connectivity index (χ1v) is 18.0. The Morgan fingerprint density at radius 2 is 1.08 bits per heavy atom. The average molecular weight is 574 g/mol. The highest BCUT2D eigenvalue weighted by Crippen LogP contribution is 2.14. The molecule has 0 aliphatic carbocycles. The van der Waals surface area contributed by atoms with Gasteiger partial charge in [0, 0.05) is 6.42 Å². The zero-order valence-electron chi connectivity index (χ0n) is 25.5. The van der Waals surface area contributed by atoms with E-state index in [0.29, 0.717) is 12.8 Å². The van der Waals surface area contributed by atoms with Crippen LogP contribution >= 0.6 is 0 Å². The Hall–Kier alpha value is -0.920. The van der Waals surface area contributed by atoms with Gasteiger partial charge in [-0.2, -0.15) is 8.42 Å². The number of unbranched alkanes of at least 4 members (excludes halogenated alkanes) is 19. The Kier molecular flexibility index (Phi) is 26.6. The van der Waals surface area contributed by atoms with Gasteiger partial charge < -0.3 is 10.4 Å². The fourth-order valence-corrected chi connectivity index (χ4v) is 5.74. The zero-order valence-corrected chi connectivity index (χ0v) is 26.3. The molecule has 6 nitrogen and oxygen atoms in total. The van der Waals surface area contributed by atoms with Gasteiger partial charge in [0.25, 0.3) is 10.1 Å². The number of amides is 1. The topological polar surface area (TPSA) is 104 Å². The minimum atomic E-state index is -4.29. The molecule has 0 radical (unpaired) electrons. The molecule has 0 aliphatic heterocycles. The lowest BCUT2D eigenvalue weighted by molar-refractivity contribution is -0.122. The minimum absolute atomic E-state index is 0.257. The van der Waals surface area contributed by atoms with Crippen molar-refractivity contribution in [3.63, 3.8) is 0 Å². The van der Waals surface area contributed by atoms with Crippen LogP contribution in [-0.4, -0.2) is 41.9 Å². The highest BCUT2D eigenvalue weighted by molar-refractivity contribution is 7.85. The van der Waals surface area contributed by atoms with Gasteiger partial charge in [-0.05, 0) is 38.5 Å². The largest absolute Gasteiger partial charge is 0.391 e. The zero-order chi connectivity index (χ0) is 29.0. The van der Waals surface area contributed by atoms with Gasteiger partial charge in [0.15, 0.2) is 0 Å². The molecular formula is C32H63NO5S. The number of aliphatic hydroxyl groups is 1. The molecule has 39 heavy (non-hydrogen) atoms. The summed E-state index contributed by atoms with van der Waals surface area (Å²) in [5.41, 5.74) is 0. The standard InChI is InChI=1S/C32H63NO5S/c1-3-5-7-9-11-13-14-15-16-17-18-19-20-22-24-26-28-32(35)33-30(29-39(36,37)38)31(34)27-25-23-21-12-10-8-6-4-2/h16-17,30-31,34H,3-15,18-29H2,1-2H3,(H,33,35)(H,36,37,38)/b17-16-. The summed E-state index contributed by atoms with van der Waals surface area (Å²) in [5.74, 6) is -0.907. The van der Waals surface area contributed by atoms with Crippen LogP contribution in [0.3, 0.4) is 0 Å². The molecule has 232 valence electrons. The Morgan fingerprint density at radius 1 is 0.667 bits per heavy atom. The van der Waals surface area contributed by atoms with Gasteiger partial charge in [0.05, 0.1) is 17.9 Å². The van der Waals surface area contributed by atoms with E-state index in [0.717, 1.165) is 51.4 Å². The van der Waals surface area contributed by atoms with Gasteiger partial charge in [0.1, 0.15) is 0 Å². The van der Waals surface area contributed by atoms with Crippen LogP contribution < -0.4 is 5.32 Å². The van der Waals surface area contributed by atoms with Gasteiger partial charge in [-0.15, -0.1) is 0 Å². The molecule has 0 fully saturated rings. The molecule has 0 spiro atoms. The molecule has 0 aliphatic rings. The molecule has 0 aromatic heterocycles. The van der Waals surface area contributed by atoms with E-state index in [1.165, 1.54) is 89.9 Å². The number of rotatable bonds is 29. The van der Waals surface area contributed by atoms with E-state index in [9.17, 15) is 22.9 Å². The normalized spacial score (nSPS) is 13.6. The molecule has 1 amide bonds. The molecule has 0 rings (SSSR count). The van der Waals surface area contributed by atoms with Crippen LogP contribution in [0, 0.1) is 0 Å². The van der Waals surface area contributed by atoms with E-state index in [4.69, 9.17) is 0 Å². The first-order chi connectivity index (χ1) is 18.8. The summed E-state index contributed by atoms with van der Waals surface area (Å²) in [5, 5.41) is 13.2. The van der Waals surface area contributed by atoms with Crippen molar-refractivity contribution in [3.05, 3.63) is 12.2 Å². The Bertz CT molecular complexity index is 680. The lowest BCUT2D eigenvalue weighted by Gasteiger charge is -2.23. The number of carbonyl (C=O) groups is 1. The Labute approximate surface area is 241 Å². The molecule has 2 atom stereocenters. The van der Waals surface area contributed by atoms with Crippen LogP contribution in [0.25, 0.3) is 0 Å². The molecule has 0 heterocycles. The van der Waals surface area contributed by atoms with Gasteiger partial charge in [-0.1, -0.05) is 135 Å². The van der Waals surface area contributed by atoms with Gasteiger partial charge >= 0.3 is 0 Å². The van der Waals surface area contributed by atoms with Gasteiger partial charge in [-0.25, -0.2) is 0 Å². The number of hydrogen-bond acceptors (Lipinski definition) is 4. The van der Waals surface area contributed by atoms with Crippen LogP contribution in [0.1, 0.15) is 168 Å². The lowest BCUT2D eigenvalue weighted by atomic mass is 10.0. The van der Waals surface area contributed by atoms with Crippen molar-refractivity contribution in [2.45, 2.75) is 180 Å². The van der Waals surface area contributed by atoms with Crippen LogP contribution in [0.15, 0.2) is 12.2 Å². The van der Waals surface area contributed by atoms with E-state index in [1.807, 2.05) is 0 Å². The quantitative estimate of drug-likeness (QED) is 0.0472. The maximum Gasteiger partial charge on any atom is 0.266 e. The van der Waals surface area contributed by atoms with Crippen molar-refractivity contribution in [3.8, 4) is 0 Å². The molecule has 0 bridgehead atoms. The second-order valence-electron chi connectivity index (χ2n) is 11.4. The van der Waals surface area contributed by atoms with E-state index in [1.54, 1.807) is 0 Å². The van der Waals surface area contributed by atoms with E-state index in [2.05, 4.69) is 31.3 Å². The van der Waals surface area contributed by atoms with Crippen LogP contribution in [0.2, 0.25) is 0 Å². The fraction of sp³-hybridized carbons (Fsp3) is 0.906. The summed E-state index contributed by atoms with van der Waals surface area (Å²) in [4.78, 5) is 12.4. The van der Waals surface area contributed by atoms with Crippen molar-refractivity contribution in [1.82, 2.24) is 5.32 Å². The van der Waals surface area contributed by atoms with Crippen LogP contribution in [-0.2, 0) is 14.9 Å². The van der Waals surface area contributed by atoms with E-state index >= 15 is 0 Å². The second kappa shape index (κ2) is 27.3. The van der Waals surface area contributed by atoms with Crippen molar-refractivity contribution in [2.75, 3.05) is 5.75 Å². The van der Waals surface area contributed by atoms with Gasteiger partial charge in [-0.3, -0.25) is 9.35 Å². The molecule has 3 N–H and O–H groups in total. The Morgan fingerprint density at radius 3 is 1.54 bits per heavy atom. The highest BCUT2D eigenvalue weighted by atomic mass is 32.2. The number of aliphatic hydroxyl groups excluding tert-OH is 1. The third-order valence-corrected chi connectivity index (χ3v) is 8.25. The number of allylic oxidation sites excluding steroid dienone is 2. The summed E-state index contributed by atoms with van der Waals surface area (Å²) in [6.45, 7) is 4.45. The summed E-state index contributed by atoms with van der Waals surface area (Å²) in [7, 11) is -4.29. The number of nitrogens with one attached hydrogen (secondary N) is 1. The molecule has 0 aromatic carbocycles. The van der Waals surface area contributed by atoms with Crippen molar-refractivity contribution in [2.24, 2.45) is 0 Å². The van der Waals surface area contributed by atoms with Crippen LogP contribution in [0.5, 0.6) is 0 Å². The maximum absolute atomic E-state index is 12.4. The molecular weight excluding hydrogens is 510 g/mol. The monoisotopic (exact) mass is 573 g/mol. The second-order valence-corrected chi connectivity index (χ2v) is 12.9. The van der Waals surface area contributed by atoms with Gasteiger partial charge in [0.2, 0.25) is 5.91 Å². The fourth-order valence-electron chi connectivity index (χ4n) is 4.98. The summed E-state index contributed by atoms with van der Waals surface area (Å²) < 4.78 is 32.2. The third kappa shape index (κ3) is 28.4. The highest BCUT2D eigenvalue weighted by Gasteiger charge is 2.26. The van der Waals surface area contributed by atoms with E-state index < -0.39 is 28.0 Å². The number of hydrogen-bond donors (Lipinski definition) is 3. The maximum atomic E-state index is 12.4. The summed E-state index contributed by atoms with van der Waals surface area (Å²) in [6, 6.07) is -0.968. The Balaban J connectivity index is 3.93. The predicted octanol–water partition coefficient (Wildman–Crippen LogP) is 8.68. The average Bonchev–Trinajstić information content (AvgIpc) is 2.88. The van der Waals surface area contributed by atoms with Crippen LogP contribution in [0.4, 0.5) is 0 Å². The SMILES string of the molecule is CCCCCCCCC/C=C\CCCCCCCC(=O)NC(CS(=O)(=O)O)C(O)CCCCCCCCCC. The minimum Gasteiger partial charge on any atom is -0.391 e. The number of carbonyl (C=O) groups excluding carboxylic acids is 1. The third-order valence-electron chi connectivity index (χ3n) is 7.47. The lowest BCUT2D eigenvalue weighted by Crippen LogP contribution is -2.47. The molecule has 7 heteroatoms. The van der Waals surface area contributed by atoms with Crippen molar-refractivity contribution in [1.29, 1.82) is 0 Å². The van der Waals surface area contributed by atoms with E-state index in [-0.39, 0.29) is 5.91 Å². The molecule has 2 unspecified atom stereocenters. The molecule has 0 aromatic rings. The van der Waals surface area contributed by atoms with Crippen molar-refractivity contribution >= 4 is 16.0 Å². The predicted molar refractivity (Wildman–Crippen MR) is 166 cm³/mol. The molecule has 0 saturated carbocycles. The smallest absolute Gasteiger partial charge is 0.266 e. The summed E-state index contributed by atoms with van der Waals surface area (Å²) >= 11 is 0. The first kappa shape index (κ1) is 38.1. The van der Waals surface area contributed by atoms with Crippen molar-refractivity contribution < 1.29 is 22.9 Å². The molecule has 0 saturated heterocycles. The summed E-state index contributed by atoms with van der Waals surface area (Å²) in [6.07, 6.45) is 30.2. The first-order valence-electron chi connectivity index (χ1n) is 16.4.